The van der Waals surface area contributed by atoms with E-state index >= 15 is 0 Å². The van der Waals surface area contributed by atoms with Crippen molar-refractivity contribution in [3.05, 3.63) is 203 Å². The van der Waals surface area contributed by atoms with Gasteiger partial charge in [0.05, 0.1) is 5.41 Å². The molecule has 7 nitrogen and oxygen atoms in total. The molecule has 6 aromatic carbocycles. The molecule has 0 saturated heterocycles. The van der Waals surface area contributed by atoms with Gasteiger partial charge in [-0.3, -0.25) is 9.69 Å². The zero-order valence-electron chi connectivity index (χ0n) is 33.1. The zero-order valence-corrected chi connectivity index (χ0v) is 33.1. The molecule has 0 unspecified atom stereocenters. The second-order valence-corrected chi connectivity index (χ2v) is 15.1. The number of carbonyl (C=O) groups is 1. The fourth-order valence-electron chi connectivity index (χ4n) is 8.42. The molecule has 0 N–H and O–H groups in total. The smallest absolute Gasteiger partial charge is 0.323 e. The summed E-state index contributed by atoms with van der Waals surface area (Å²) in [4.78, 5) is 16.1. The summed E-state index contributed by atoms with van der Waals surface area (Å²) < 4.78 is 5.93. The Hall–Kier alpha value is -6.05. The Morgan fingerprint density at radius 1 is 0.632 bits per heavy atom. The Morgan fingerprint density at radius 3 is 1.67 bits per heavy atom. The highest BCUT2D eigenvalue weighted by atomic mass is 16.5. The molecule has 1 aliphatic rings. The van der Waals surface area contributed by atoms with Crippen molar-refractivity contribution in [2.24, 2.45) is 26.6 Å². The van der Waals surface area contributed by atoms with Gasteiger partial charge in [-0.25, -0.2) is 0 Å². The number of esters is 1. The molecule has 1 atom stereocenters. The van der Waals surface area contributed by atoms with Gasteiger partial charge in [-0.15, -0.1) is 10.2 Å². The summed E-state index contributed by atoms with van der Waals surface area (Å²) in [5.74, 6) is -0.106. The Labute approximate surface area is 337 Å². The zero-order chi connectivity index (χ0) is 39.5. The van der Waals surface area contributed by atoms with Crippen molar-refractivity contribution in [3.63, 3.8) is 0 Å². The van der Waals surface area contributed by atoms with E-state index in [2.05, 4.69) is 151 Å². The average molecular weight is 754 g/mol. The predicted molar refractivity (Wildman–Crippen MR) is 227 cm³/mol. The summed E-state index contributed by atoms with van der Waals surface area (Å²) in [5, 5.41) is 18.7. The number of carbonyl (C=O) groups excluding carboxylic acids is 1. The molecular formula is C50H51N5O2. The molecule has 57 heavy (non-hydrogen) atoms. The molecule has 0 saturated carbocycles. The summed E-state index contributed by atoms with van der Waals surface area (Å²) >= 11 is 0. The fourth-order valence-corrected chi connectivity index (χ4v) is 8.42. The van der Waals surface area contributed by atoms with Gasteiger partial charge in [-0.2, -0.15) is 0 Å². The summed E-state index contributed by atoms with van der Waals surface area (Å²) in [6.45, 7) is 8.11. The summed E-state index contributed by atoms with van der Waals surface area (Å²) in [6, 6.07) is 57.9. The molecule has 6 aromatic rings. The van der Waals surface area contributed by atoms with Crippen LogP contribution >= 0.6 is 0 Å². The van der Waals surface area contributed by atoms with E-state index < -0.39 is 11.1 Å². The number of hydrogen-bond acceptors (Lipinski definition) is 7. The Kier molecular flexibility index (Phi) is 12.6. The number of ether oxygens (including phenoxy) is 1. The highest BCUT2D eigenvalue weighted by Gasteiger charge is 2.60. The SMILES string of the molecule is CCCCCN(Cc1ccc(-c2ccccc2C2(C(c3ccccc3)(c3ccccc3)c3ccccc3)N=NN=N2)cc1)[C@H](C(=O)OCc1ccccc1)C(C)C. The van der Waals surface area contributed by atoms with Gasteiger partial charge in [0.2, 0.25) is 5.66 Å². The normalized spacial score (nSPS) is 13.9. The van der Waals surface area contributed by atoms with Gasteiger partial charge in [0, 0.05) is 12.1 Å². The second-order valence-electron chi connectivity index (χ2n) is 15.1. The van der Waals surface area contributed by atoms with Crippen LogP contribution in [0.25, 0.3) is 11.1 Å². The molecule has 0 fully saturated rings. The maximum Gasteiger partial charge on any atom is 0.323 e. The monoisotopic (exact) mass is 753 g/mol. The Morgan fingerprint density at radius 2 is 1.14 bits per heavy atom. The molecule has 7 rings (SSSR count). The van der Waals surface area contributed by atoms with E-state index in [1.165, 1.54) is 0 Å². The molecule has 288 valence electrons. The molecule has 0 aromatic heterocycles. The first-order valence-corrected chi connectivity index (χ1v) is 20.1. The van der Waals surface area contributed by atoms with Gasteiger partial charge in [0.15, 0.2) is 0 Å². The number of nitrogens with zero attached hydrogens (tertiary/aromatic N) is 5. The van der Waals surface area contributed by atoms with Gasteiger partial charge in [-0.1, -0.05) is 203 Å². The molecule has 0 radical (unpaired) electrons. The summed E-state index contributed by atoms with van der Waals surface area (Å²) in [5.41, 5.74) is 5.86. The maximum atomic E-state index is 13.7. The van der Waals surface area contributed by atoms with Crippen LogP contribution in [0.15, 0.2) is 191 Å². The van der Waals surface area contributed by atoms with Crippen molar-refractivity contribution in [2.45, 2.75) is 70.3 Å². The largest absolute Gasteiger partial charge is 0.460 e. The van der Waals surface area contributed by atoms with Crippen LogP contribution in [0.3, 0.4) is 0 Å². The van der Waals surface area contributed by atoms with Crippen LogP contribution in [0.1, 0.15) is 73.4 Å². The van der Waals surface area contributed by atoms with Gasteiger partial charge in [0.25, 0.3) is 0 Å². The quantitative estimate of drug-likeness (QED) is 0.0528. The van der Waals surface area contributed by atoms with E-state index in [1.54, 1.807) is 0 Å². The van der Waals surface area contributed by atoms with Gasteiger partial charge in [-0.05, 0) is 68.3 Å². The van der Waals surface area contributed by atoms with Crippen LogP contribution in [0.5, 0.6) is 0 Å². The van der Waals surface area contributed by atoms with Crippen LogP contribution < -0.4 is 0 Å². The second kappa shape index (κ2) is 18.3. The first-order valence-electron chi connectivity index (χ1n) is 20.1. The highest BCUT2D eigenvalue weighted by molar-refractivity contribution is 5.76. The minimum absolute atomic E-state index is 0.0751. The van der Waals surface area contributed by atoms with Crippen molar-refractivity contribution in [1.29, 1.82) is 0 Å². The number of hydrogen-bond donors (Lipinski definition) is 0. The van der Waals surface area contributed by atoms with E-state index in [0.29, 0.717) is 6.54 Å². The van der Waals surface area contributed by atoms with Crippen molar-refractivity contribution in [3.8, 4) is 11.1 Å². The number of rotatable bonds is 17. The third-order valence-corrected chi connectivity index (χ3v) is 11.1. The van der Waals surface area contributed by atoms with Crippen LogP contribution in [0.4, 0.5) is 0 Å². The van der Waals surface area contributed by atoms with E-state index in [4.69, 9.17) is 15.0 Å². The van der Waals surface area contributed by atoms with Gasteiger partial charge >= 0.3 is 5.97 Å². The van der Waals surface area contributed by atoms with Crippen LogP contribution in [0, 0.1) is 5.92 Å². The van der Waals surface area contributed by atoms with Crippen molar-refractivity contribution >= 4 is 5.97 Å². The van der Waals surface area contributed by atoms with E-state index in [-0.39, 0.29) is 24.5 Å². The van der Waals surface area contributed by atoms with E-state index in [0.717, 1.165) is 70.3 Å². The van der Waals surface area contributed by atoms with Crippen LogP contribution in [-0.2, 0) is 33.8 Å². The molecular weight excluding hydrogens is 703 g/mol. The minimum Gasteiger partial charge on any atom is -0.460 e. The van der Waals surface area contributed by atoms with E-state index in [1.807, 2.05) is 54.6 Å². The topological polar surface area (TPSA) is 79.0 Å². The third kappa shape index (κ3) is 8.12. The molecule has 1 heterocycles. The molecule has 7 heteroatoms. The maximum absolute atomic E-state index is 13.7. The lowest BCUT2D eigenvalue weighted by Gasteiger charge is -2.45. The number of benzene rings is 6. The summed E-state index contributed by atoms with van der Waals surface area (Å²) in [7, 11) is 0. The minimum atomic E-state index is -1.28. The van der Waals surface area contributed by atoms with Crippen molar-refractivity contribution in [2.75, 3.05) is 6.54 Å². The van der Waals surface area contributed by atoms with E-state index in [9.17, 15) is 4.79 Å². The third-order valence-electron chi connectivity index (χ3n) is 11.1. The first kappa shape index (κ1) is 39.2. The van der Waals surface area contributed by atoms with Gasteiger partial charge < -0.3 is 4.74 Å². The molecule has 0 bridgehead atoms. The van der Waals surface area contributed by atoms with Crippen LogP contribution in [0.2, 0.25) is 0 Å². The highest BCUT2D eigenvalue weighted by Crippen LogP contribution is 2.58. The summed E-state index contributed by atoms with van der Waals surface area (Å²) in [6.07, 6.45) is 3.21. The first-order chi connectivity index (χ1) is 28.0. The lowest BCUT2D eigenvalue weighted by Crippen LogP contribution is -2.48. The standard InChI is InChI=1S/C50H51N5O2/c1-4-5-20-35-55(47(38(2)3)48(56)57-37-40-21-10-6-11-22-40)36-39-31-33-41(34-32-39)45-29-18-19-30-46(45)50(51-53-54-52-50)49(42-23-12-7-13-24-42,43-25-14-8-15-26-43)44-27-16-9-17-28-44/h6-19,21-34,38,47H,4-5,20,35-37H2,1-3H3/t47-/m0/s1. The van der Waals surface area contributed by atoms with Crippen molar-refractivity contribution < 1.29 is 9.53 Å². The van der Waals surface area contributed by atoms with Crippen LogP contribution in [-0.4, -0.2) is 23.5 Å². The predicted octanol–water partition coefficient (Wildman–Crippen LogP) is 12.1. The number of unbranched alkanes of at least 4 members (excludes halogenated alkanes) is 2. The lowest BCUT2D eigenvalue weighted by molar-refractivity contribution is -0.153. The average Bonchev–Trinajstić information content (AvgIpc) is 3.76. The van der Waals surface area contributed by atoms with Crippen molar-refractivity contribution in [1.82, 2.24) is 4.90 Å². The lowest BCUT2D eigenvalue weighted by atomic mass is 9.59. The molecule has 0 spiro atoms. The molecule has 0 aliphatic carbocycles. The Balaban J connectivity index is 1.28. The Bertz CT molecular complexity index is 2130. The van der Waals surface area contributed by atoms with Gasteiger partial charge in [0.1, 0.15) is 12.6 Å². The fraction of sp³-hybridized carbons (Fsp3) is 0.260. The molecule has 0 amide bonds. The molecule has 1 aliphatic heterocycles.